The number of tetrazole rings is 1. The highest BCUT2D eigenvalue weighted by Gasteiger charge is 2.53. The van der Waals surface area contributed by atoms with E-state index in [1.165, 1.54) is 16.7 Å². The fraction of sp³-hybridized carbons (Fsp3) is 0.736. The van der Waals surface area contributed by atoms with Crippen LogP contribution in [0.3, 0.4) is 0 Å². The number of ether oxygens (including phenoxy) is 5. The molecule has 70 heavy (non-hydrogen) atoms. The third-order valence-corrected chi connectivity index (χ3v) is 15.4. The average molecular weight is 982 g/mol. The maximum atomic E-state index is 14.5. The van der Waals surface area contributed by atoms with E-state index in [-0.39, 0.29) is 67.2 Å². The minimum absolute atomic E-state index is 0.0593. The lowest BCUT2D eigenvalue weighted by atomic mass is 9.77. The summed E-state index contributed by atoms with van der Waals surface area (Å²) in [6, 6.07) is -1.41. The molecular formula is C53H81N5O12. The van der Waals surface area contributed by atoms with Gasteiger partial charge in [-0.3, -0.25) is 19.2 Å². The van der Waals surface area contributed by atoms with Crippen molar-refractivity contribution in [3.8, 4) is 0 Å². The van der Waals surface area contributed by atoms with Gasteiger partial charge in [-0.25, -0.2) is 9.48 Å². The molecule has 0 unspecified atom stereocenters. The first kappa shape index (κ1) is 55.1. The van der Waals surface area contributed by atoms with Crippen molar-refractivity contribution in [1.29, 1.82) is 0 Å². The zero-order chi connectivity index (χ0) is 52.2. The number of ketones is 3. The lowest BCUT2D eigenvalue weighted by Crippen LogP contribution is -2.61. The van der Waals surface area contributed by atoms with Gasteiger partial charge in [0.25, 0.3) is 11.7 Å². The highest BCUT2D eigenvalue weighted by Crippen LogP contribution is 2.39. The van der Waals surface area contributed by atoms with Gasteiger partial charge in [0.1, 0.15) is 37.8 Å². The van der Waals surface area contributed by atoms with Crippen molar-refractivity contribution in [3.05, 3.63) is 53.9 Å². The van der Waals surface area contributed by atoms with E-state index < -0.39 is 77.8 Å². The lowest BCUT2D eigenvalue weighted by Gasteiger charge is -2.42. The van der Waals surface area contributed by atoms with E-state index >= 15 is 0 Å². The van der Waals surface area contributed by atoms with Crippen molar-refractivity contribution in [1.82, 2.24) is 25.1 Å². The molecule has 1 amide bonds. The van der Waals surface area contributed by atoms with E-state index in [9.17, 15) is 34.2 Å². The highest BCUT2D eigenvalue weighted by molar-refractivity contribution is 6.39. The molecule has 3 aliphatic heterocycles. The van der Waals surface area contributed by atoms with Crippen molar-refractivity contribution < 1.29 is 59.2 Å². The number of hydrogen-bond donors (Lipinski definition) is 2. The summed E-state index contributed by atoms with van der Waals surface area (Å²) in [5.74, 6) is -7.95. The van der Waals surface area contributed by atoms with Crippen LogP contribution >= 0.6 is 0 Å². The van der Waals surface area contributed by atoms with Gasteiger partial charge in [0.05, 0.1) is 24.4 Å². The molecule has 1 aromatic heterocycles. The molecule has 4 heterocycles. The van der Waals surface area contributed by atoms with Gasteiger partial charge >= 0.3 is 5.97 Å². The van der Waals surface area contributed by atoms with E-state index in [1.807, 2.05) is 51.2 Å². The summed E-state index contributed by atoms with van der Waals surface area (Å²) in [6.07, 6.45) is 12.6. The number of esters is 1. The van der Waals surface area contributed by atoms with E-state index in [1.54, 1.807) is 41.1 Å². The van der Waals surface area contributed by atoms with Crippen LogP contribution in [0, 0.1) is 35.5 Å². The Bertz CT molecular complexity index is 2110. The maximum absolute atomic E-state index is 14.5. The second-order valence-corrected chi connectivity index (χ2v) is 20.7. The highest BCUT2D eigenvalue weighted by atomic mass is 16.6. The minimum Gasteiger partial charge on any atom is -0.460 e. The number of allylic oxidation sites excluding steroid dienone is 6. The van der Waals surface area contributed by atoms with E-state index in [0.29, 0.717) is 69.8 Å². The first-order valence-electron chi connectivity index (χ1n) is 26.0. The Hall–Kier alpha value is -4.26. The van der Waals surface area contributed by atoms with Crippen molar-refractivity contribution in [2.24, 2.45) is 35.5 Å². The Kier molecular flexibility index (Phi) is 20.8. The molecule has 2 bridgehead atoms. The summed E-state index contributed by atoms with van der Waals surface area (Å²) in [4.78, 5) is 72.4. The summed E-state index contributed by atoms with van der Waals surface area (Å²) >= 11 is 0. The number of aromatic nitrogens is 4. The summed E-state index contributed by atoms with van der Waals surface area (Å²) in [7, 11) is 4.57. The maximum Gasteiger partial charge on any atom is 0.329 e. The molecule has 17 heteroatoms. The van der Waals surface area contributed by atoms with Crippen LogP contribution in [0.5, 0.6) is 0 Å². The summed E-state index contributed by atoms with van der Waals surface area (Å²) < 4.78 is 39.5. The number of aliphatic hydroxyl groups is 2. The van der Waals surface area contributed by atoms with Crippen LogP contribution < -0.4 is 0 Å². The van der Waals surface area contributed by atoms with Gasteiger partial charge in [0.2, 0.25) is 5.79 Å². The van der Waals surface area contributed by atoms with Gasteiger partial charge in [0.15, 0.2) is 5.78 Å². The number of amides is 1. The van der Waals surface area contributed by atoms with Crippen LogP contribution in [-0.4, -0.2) is 141 Å². The average Bonchev–Trinajstić information content (AvgIpc) is 3.78. The largest absolute Gasteiger partial charge is 0.460 e. The molecule has 2 N–H and O–H groups in total. The summed E-state index contributed by atoms with van der Waals surface area (Å²) in [5, 5.41) is 34.9. The van der Waals surface area contributed by atoms with E-state index in [4.69, 9.17) is 25.1 Å². The van der Waals surface area contributed by atoms with Gasteiger partial charge in [-0.2, -0.15) is 0 Å². The van der Waals surface area contributed by atoms with Gasteiger partial charge in [-0.1, -0.05) is 71.1 Å². The number of carbonyl (C=O) groups excluding carboxylic acids is 5. The van der Waals surface area contributed by atoms with Crippen LogP contribution in [0.2, 0.25) is 0 Å². The molecule has 0 aromatic carbocycles. The quantitative estimate of drug-likeness (QED) is 0.171. The molecule has 0 radical (unpaired) electrons. The number of Topliss-reactive ketones (excluding diaryl/α,β-unsaturated/α-hetero) is 3. The Balaban J connectivity index is 1.46. The molecule has 390 valence electrons. The van der Waals surface area contributed by atoms with Crippen molar-refractivity contribution in [2.45, 2.75) is 186 Å². The number of methoxy groups -OCH3 is 3. The third kappa shape index (κ3) is 14.5. The Morgan fingerprint density at radius 2 is 1.67 bits per heavy atom. The van der Waals surface area contributed by atoms with E-state index in [0.717, 1.165) is 12.0 Å². The first-order chi connectivity index (χ1) is 33.7. The number of piperidine rings is 1. The Morgan fingerprint density at radius 1 is 0.914 bits per heavy atom. The van der Waals surface area contributed by atoms with Gasteiger partial charge in [0, 0.05) is 58.5 Å². The van der Waals surface area contributed by atoms with Crippen molar-refractivity contribution in [3.63, 3.8) is 0 Å². The molecule has 1 aliphatic carbocycles. The molecular weight excluding hydrogens is 899 g/mol. The zero-order valence-corrected chi connectivity index (χ0v) is 43.2. The molecule has 4 aliphatic rings. The molecule has 0 spiro atoms. The number of carbonyl (C=O) groups is 5. The predicted octanol–water partition coefficient (Wildman–Crippen LogP) is 6.44. The SMILES string of the molecule is [3H]c1nnnn1[C@H]1CC[C@@H](C[C@@H](C)[C@@H]2CC(=O)[C@H](C)/C=C(\C)[C@@H](O)[C@@H](OC)C(=O)[C@H](C)C[C@H](C)C/C=C/C=C/C=C(\C)[C@@H](OC)C[C@@H]3CC[C@@H](C)[C@@](O)(O3)C(=O)C(=O)N3CCCC[C@H]3C(=O)O2)C[C@H]1OC. The van der Waals surface area contributed by atoms with Gasteiger partial charge in [-0.05, 0) is 124 Å². The standard InChI is InChI=1S/C53H81N5O12/c1-32-17-13-11-12-14-18-33(2)44(66-8)29-40-22-20-38(7)53(65,70-40)50(62)51(63)57-24-16-15-19-42(57)52(64)69-45(35(4)27-39-21-23-41(46(28-39)67-9)58-31-54-55-56-58)30-43(59)34(3)26-37(6)48(61)49(68-10)47(60)36(5)25-32/h11-14,18,26,31-32,34-36,38-42,44-46,48-49,61,65H,15-17,19-25,27-30H2,1-10H3/b13-11+,14-12+,33-18+,37-26+/t32-,34-,35-,36-,38-,39+,40+,41+,42+,44+,45+,46-,48-,49+,53-/m1/s1/i31T. The van der Waals surface area contributed by atoms with E-state index in [2.05, 4.69) is 22.4 Å². The number of hydrogen-bond acceptors (Lipinski definition) is 15. The number of nitrogens with zero attached hydrogens (tertiary/aromatic N) is 5. The molecule has 2 saturated heterocycles. The number of fused-ring (bicyclic) bond motifs is 3. The minimum atomic E-state index is -2.44. The normalized spacial score (nSPS) is 38.7. The number of cyclic esters (lactones) is 1. The third-order valence-electron chi connectivity index (χ3n) is 15.4. The molecule has 15 atom stereocenters. The number of aliphatic hydroxyl groups excluding tert-OH is 1. The molecule has 17 nitrogen and oxygen atoms in total. The van der Waals surface area contributed by atoms with Crippen molar-refractivity contribution in [2.75, 3.05) is 27.9 Å². The molecule has 1 aromatic rings. The van der Waals surface area contributed by atoms with Crippen molar-refractivity contribution >= 4 is 29.2 Å². The van der Waals surface area contributed by atoms with Crippen LogP contribution in [-0.2, 0) is 47.7 Å². The topological polar surface area (TPSA) is 219 Å². The number of rotatable bonds is 7. The predicted molar refractivity (Wildman–Crippen MR) is 261 cm³/mol. The fourth-order valence-corrected chi connectivity index (χ4v) is 10.9. The Labute approximate surface area is 416 Å². The van der Waals surface area contributed by atoms with Crippen LogP contribution in [0.15, 0.2) is 53.9 Å². The fourth-order valence-electron chi connectivity index (χ4n) is 10.9. The summed E-state index contributed by atoms with van der Waals surface area (Å²) in [5.41, 5.74) is 1.27. The van der Waals surface area contributed by atoms with Crippen LogP contribution in [0.4, 0.5) is 0 Å². The lowest BCUT2D eigenvalue weighted by molar-refractivity contribution is -0.265. The molecule has 5 rings (SSSR count). The molecule has 1 saturated carbocycles. The van der Waals surface area contributed by atoms with Gasteiger partial charge < -0.3 is 38.8 Å². The molecule has 3 fully saturated rings. The smallest absolute Gasteiger partial charge is 0.329 e. The first-order valence-corrected chi connectivity index (χ1v) is 25.5. The van der Waals surface area contributed by atoms with Crippen LogP contribution in [0.1, 0.15) is 139 Å². The second kappa shape index (κ2) is 26.4. The second-order valence-electron chi connectivity index (χ2n) is 20.7. The summed E-state index contributed by atoms with van der Waals surface area (Å²) in [6.45, 7) is 12.8. The Morgan fingerprint density at radius 3 is 2.36 bits per heavy atom. The van der Waals surface area contributed by atoms with Crippen LogP contribution in [0.25, 0.3) is 0 Å². The van der Waals surface area contributed by atoms with Gasteiger partial charge in [-0.15, -0.1) is 5.10 Å². The zero-order valence-electron chi connectivity index (χ0n) is 44.2. The monoisotopic (exact) mass is 982 g/mol.